The van der Waals surface area contributed by atoms with Crippen molar-refractivity contribution in [2.75, 3.05) is 7.11 Å². The second-order valence-electron chi connectivity index (χ2n) is 5.10. The topological polar surface area (TPSA) is 74.5 Å². The molecule has 1 unspecified atom stereocenters. The molecule has 0 radical (unpaired) electrons. The average Bonchev–Trinajstić information content (AvgIpc) is 3.27. The molecular weight excluding hydrogens is 328 g/mol. The van der Waals surface area contributed by atoms with E-state index >= 15 is 0 Å². The van der Waals surface area contributed by atoms with Crippen LogP contribution in [0.15, 0.2) is 46.2 Å². The smallest absolute Gasteiger partial charge is 0.338 e. The number of ether oxygens (including phenoxy) is 2. The molecule has 0 bridgehead atoms. The quantitative estimate of drug-likeness (QED) is 0.632. The Labute approximate surface area is 143 Å². The zero-order valence-electron chi connectivity index (χ0n) is 13.3. The summed E-state index contributed by atoms with van der Waals surface area (Å²) in [4.78, 5) is 13.1. The molecule has 6 nitrogen and oxygen atoms in total. The molecule has 0 fully saturated rings. The minimum Gasteiger partial charge on any atom is -0.449 e. The summed E-state index contributed by atoms with van der Waals surface area (Å²) in [6.07, 6.45) is -0.627. The number of carbonyl (C=O) groups is 1. The Morgan fingerprint density at radius 3 is 2.71 bits per heavy atom. The molecule has 7 heteroatoms. The minimum atomic E-state index is -0.627. The summed E-state index contributed by atoms with van der Waals surface area (Å²) in [7, 11) is 1.62. The van der Waals surface area contributed by atoms with E-state index in [1.54, 1.807) is 26.2 Å². The summed E-state index contributed by atoms with van der Waals surface area (Å²) in [6.45, 7) is 2.20. The number of methoxy groups -OCH3 is 1. The lowest BCUT2D eigenvalue weighted by atomic mass is 10.1. The van der Waals surface area contributed by atoms with E-state index in [2.05, 4.69) is 10.2 Å². The average molecular weight is 344 g/mol. The van der Waals surface area contributed by atoms with Gasteiger partial charge in [0.25, 0.3) is 11.8 Å². The third kappa shape index (κ3) is 3.69. The first-order valence-corrected chi connectivity index (χ1v) is 8.21. The van der Waals surface area contributed by atoms with Crippen LogP contribution in [0.4, 0.5) is 0 Å². The maximum atomic E-state index is 12.2. The maximum Gasteiger partial charge on any atom is 0.338 e. The molecule has 3 rings (SSSR count). The molecule has 3 aromatic rings. The number of carbonyl (C=O) groups excluding carboxylic acids is 1. The number of hydrogen-bond donors (Lipinski definition) is 0. The van der Waals surface area contributed by atoms with E-state index in [1.165, 1.54) is 11.3 Å². The van der Waals surface area contributed by atoms with Crippen molar-refractivity contribution in [1.29, 1.82) is 0 Å². The number of aromatic nitrogens is 2. The summed E-state index contributed by atoms with van der Waals surface area (Å²) < 4.78 is 16.0. The van der Waals surface area contributed by atoms with Gasteiger partial charge in [-0.05, 0) is 36.1 Å². The molecule has 0 aliphatic rings. The zero-order valence-corrected chi connectivity index (χ0v) is 14.1. The van der Waals surface area contributed by atoms with Gasteiger partial charge in [-0.25, -0.2) is 4.79 Å². The van der Waals surface area contributed by atoms with E-state index in [0.29, 0.717) is 18.1 Å². The molecule has 0 amide bonds. The summed E-state index contributed by atoms with van der Waals surface area (Å²) in [5.41, 5.74) is 1.44. The van der Waals surface area contributed by atoms with Crippen LogP contribution < -0.4 is 0 Å². The van der Waals surface area contributed by atoms with Crippen molar-refractivity contribution in [2.45, 2.75) is 19.6 Å². The molecule has 2 heterocycles. The first kappa shape index (κ1) is 16.4. The van der Waals surface area contributed by atoms with Gasteiger partial charge in [0, 0.05) is 7.11 Å². The predicted octanol–water partition coefficient (Wildman–Crippen LogP) is 3.86. The number of benzene rings is 1. The van der Waals surface area contributed by atoms with Gasteiger partial charge >= 0.3 is 5.97 Å². The van der Waals surface area contributed by atoms with Gasteiger partial charge in [0.05, 0.1) is 17.0 Å². The van der Waals surface area contributed by atoms with Crippen LogP contribution in [0.5, 0.6) is 0 Å². The van der Waals surface area contributed by atoms with Crippen LogP contribution in [-0.4, -0.2) is 23.3 Å². The van der Waals surface area contributed by atoms with E-state index in [4.69, 9.17) is 13.9 Å². The summed E-state index contributed by atoms with van der Waals surface area (Å²) in [5.74, 6) is 0.247. The maximum absolute atomic E-state index is 12.2. The number of esters is 1. The normalized spacial score (nSPS) is 12.1. The molecule has 1 aromatic carbocycles. The van der Waals surface area contributed by atoms with Crippen molar-refractivity contribution in [1.82, 2.24) is 10.2 Å². The van der Waals surface area contributed by atoms with Gasteiger partial charge in [-0.1, -0.05) is 18.2 Å². The molecule has 0 saturated carbocycles. The lowest BCUT2D eigenvalue weighted by molar-refractivity contribution is 0.0280. The SMILES string of the molecule is COCc1ccc(C(=O)OC(C)c2nnc(-c3cccs3)o2)cc1. The van der Waals surface area contributed by atoms with Crippen molar-refractivity contribution in [3.63, 3.8) is 0 Å². The Balaban J connectivity index is 1.65. The van der Waals surface area contributed by atoms with Crippen LogP contribution in [0, 0.1) is 0 Å². The molecule has 0 N–H and O–H groups in total. The fourth-order valence-electron chi connectivity index (χ4n) is 2.08. The lowest BCUT2D eigenvalue weighted by Crippen LogP contribution is -2.09. The largest absolute Gasteiger partial charge is 0.449 e. The molecule has 0 saturated heterocycles. The van der Waals surface area contributed by atoms with Gasteiger partial charge in [-0.2, -0.15) is 0 Å². The third-order valence-corrected chi connectivity index (χ3v) is 4.16. The number of rotatable bonds is 6. The van der Waals surface area contributed by atoms with Gasteiger partial charge in [-0.15, -0.1) is 21.5 Å². The molecule has 1 atom stereocenters. The van der Waals surface area contributed by atoms with E-state index < -0.39 is 12.1 Å². The Bertz CT molecular complexity index is 796. The molecule has 0 spiro atoms. The molecule has 24 heavy (non-hydrogen) atoms. The van der Waals surface area contributed by atoms with Gasteiger partial charge in [0.1, 0.15) is 0 Å². The van der Waals surface area contributed by atoms with E-state index in [0.717, 1.165) is 10.4 Å². The number of hydrogen-bond acceptors (Lipinski definition) is 7. The molecule has 0 aliphatic carbocycles. The second-order valence-corrected chi connectivity index (χ2v) is 6.05. The standard InChI is InChI=1S/C17H16N2O4S/c1-11(15-18-19-16(23-15)14-4-3-9-24-14)22-17(20)13-7-5-12(6-8-13)10-21-2/h3-9,11H,10H2,1-2H3. The van der Waals surface area contributed by atoms with Gasteiger partial charge in [0.15, 0.2) is 6.10 Å². The van der Waals surface area contributed by atoms with Crippen molar-refractivity contribution in [3.8, 4) is 10.8 Å². The second kappa shape index (κ2) is 7.37. The Morgan fingerprint density at radius 1 is 1.25 bits per heavy atom. The summed E-state index contributed by atoms with van der Waals surface area (Å²) >= 11 is 1.50. The monoisotopic (exact) mass is 344 g/mol. The minimum absolute atomic E-state index is 0.266. The highest BCUT2D eigenvalue weighted by Crippen LogP contribution is 2.26. The van der Waals surface area contributed by atoms with Crippen LogP contribution in [0.1, 0.15) is 34.8 Å². The Kier molecular flexibility index (Phi) is 5.02. The predicted molar refractivity (Wildman–Crippen MR) is 88.6 cm³/mol. The van der Waals surface area contributed by atoms with Gasteiger partial charge < -0.3 is 13.9 Å². The van der Waals surface area contributed by atoms with Crippen molar-refractivity contribution in [2.24, 2.45) is 0 Å². The van der Waals surface area contributed by atoms with Crippen LogP contribution in [-0.2, 0) is 16.1 Å². The van der Waals surface area contributed by atoms with Crippen LogP contribution >= 0.6 is 11.3 Å². The van der Waals surface area contributed by atoms with Gasteiger partial charge in [0.2, 0.25) is 0 Å². The Hall–Kier alpha value is -2.51. The van der Waals surface area contributed by atoms with Crippen molar-refractivity contribution >= 4 is 17.3 Å². The van der Waals surface area contributed by atoms with Crippen LogP contribution in [0.3, 0.4) is 0 Å². The number of nitrogens with zero attached hydrogens (tertiary/aromatic N) is 2. The molecule has 2 aromatic heterocycles. The summed E-state index contributed by atoms with van der Waals surface area (Å²) in [5, 5.41) is 9.86. The highest BCUT2D eigenvalue weighted by molar-refractivity contribution is 7.13. The first-order valence-electron chi connectivity index (χ1n) is 7.33. The number of thiophene rings is 1. The highest BCUT2D eigenvalue weighted by atomic mass is 32.1. The Morgan fingerprint density at radius 2 is 2.04 bits per heavy atom. The van der Waals surface area contributed by atoms with Crippen LogP contribution in [0.2, 0.25) is 0 Å². The van der Waals surface area contributed by atoms with E-state index in [-0.39, 0.29) is 5.89 Å². The van der Waals surface area contributed by atoms with E-state index in [9.17, 15) is 4.79 Å². The molecular formula is C17H16N2O4S. The summed E-state index contributed by atoms with van der Waals surface area (Å²) in [6, 6.07) is 10.8. The first-order chi connectivity index (χ1) is 11.7. The lowest BCUT2D eigenvalue weighted by Gasteiger charge is -2.09. The van der Waals surface area contributed by atoms with Gasteiger partial charge in [-0.3, -0.25) is 0 Å². The highest BCUT2D eigenvalue weighted by Gasteiger charge is 2.20. The van der Waals surface area contributed by atoms with Crippen molar-refractivity contribution < 1.29 is 18.7 Å². The zero-order chi connectivity index (χ0) is 16.9. The fraction of sp³-hybridized carbons (Fsp3) is 0.235. The molecule has 0 aliphatic heterocycles. The fourth-order valence-corrected chi connectivity index (χ4v) is 2.73. The van der Waals surface area contributed by atoms with Crippen LogP contribution in [0.25, 0.3) is 10.8 Å². The third-order valence-electron chi connectivity index (χ3n) is 3.30. The van der Waals surface area contributed by atoms with Crippen molar-refractivity contribution in [3.05, 3.63) is 58.8 Å². The van der Waals surface area contributed by atoms with E-state index in [1.807, 2.05) is 29.6 Å². The molecule has 124 valence electrons.